The molecule has 324 valence electrons. The summed E-state index contributed by atoms with van der Waals surface area (Å²) in [5.74, 6) is 1.40. The van der Waals surface area contributed by atoms with Gasteiger partial charge in [0.1, 0.15) is 0 Å². The molecule has 0 spiro atoms. The van der Waals surface area contributed by atoms with E-state index in [-0.39, 0.29) is 24.2 Å². The zero-order valence-electron chi connectivity index (χ0n) is 33.4. The molecule has 2 aromatic rings. The van der Waals surface area contributed by atoms with Crippen LogP contribution < -0.4 is 18.9 Å². The van der Waals surface area contributed by atoms with Crippen LogP contribution in [0.15, 0.2) is 24.3 Å². The van der Waals surface area contributed by atoms with Crippen molar-refractivity contribution >= 4 is 32.0 Å². The molecule has 0 amide bonds. The first kappa shape index (κ1) is 42.0. The molecule has 0 saturated carbocycles. The number of rotatable bonds is 5. The molecule has 19 heteroatoms. The van der Waals surface area contributed by atoms with Gasteiger partial charge in [0.25, 0.3) is 0 Å². The van der Waals surface area contributed by atoms with Gasteiger partial charge in [-0.3, -0.25) is 14.6 Å². The van der Waals surface area contributed by atoms with Crippen LogP contribution >= 0.6 is 0 Å². The standard InChI is InChI=1S/2C18H24N2O4S.C4H6O5/c2*1-25(21,22)20-5-2-3-13-10-19-6-4-12-7-17-18(24-11-23-17)8-14(12)16(19)9-15(13)20;5-2(4(8)9)1-3(6)7/h2*7-8,13,15-16H,2-6,9-11H2,1H3;2,5H,1H2,(H,6,7)(H,8,9)/t2*13-,15+,16+;/m11./s1. The Morgan fingerprint density at radius 3 is 1.44 bits per heavy atom. The molecule has 4 saturated heterocycles. The quantitative estimate of drug-likeness (QED) is 0.394. The highest BCUT2D eigenvalue weighted by molar-refractivity contribution is 7.88. The number of carbonyl (C=O) groups is 2. The van der Waals surface area contributed by atoms with Gasteiger partial charge >= 0.3 is 11.9 Å². The minimum atomic E-state index is -3.15. The molecule has 59 heavy (non-hydrogen) atoms. The molecule has 0 bridgehead atoms. The van der Waals surface area contributed by atoms with Gasteiger partial charge in [0.2, 0.25) is 33.6 Å². The average Bonchev–Trinajstić information content (AvgIpc) is 3.85. The van der Waals surface area contributed by atoms with Crippen LogP contribution in [0.3, 0.4) is 0 Å². The summed E-state index contributed by atoms with van der Waals surface area (Å²) in [6.45, 7) is 5.99. The maximum absolute atomic E-state index is 12.3. The lowest BCUT2D eigenvalue weighted by atomic mass is 9.77. The highest BCUT2D eigenvalue weighted by Crippen LogP contribution is 2.48. The van der Waals surface area contributed by atoms with Gasteiger partial charge in [-0.2, -0.15) is 8.61 Å². The molecular weight excluding hydrogens is 809 g/mol. The van der Waals surface area contributed by atoms with E-state index >= 15 is 0 Å². The molecule has 0 radical (unpaired) electrons. The number of hydrogen-bond donors (Lipinski definition) is 3. The molecule has 7 atom stereocenters. The number of ether oxygens (including phenoxy) is 4. The number of hydrogen-bond acceptors (Lipinski definition) is 13. The van der Waals surface area contributed by atoms with E-state index in [4.69, 9.17) is 34.3 Å². The van der Waals surface area contributed by atoms with Crippen LogP contribution in [0.1, 0.15) is 79.3 Å². The number of aliphatic hydroxyl groups excluding tert-OH is 1. The maximum Gasteiger partial charge on any atom is 0.333 e. The summed E-state index contributed by atoms with van der Waals surface area (Å²) in [6.07, 6.45) is 8.19. The van der Waals surface area contributed by atoms with Crippen LogP contribution in [-0.2, 0) is 42.5 Å². The molecule has 8 heterocycles. The van der Waals surface area contributed by atoms with Gasteiger partial charge in [-0.15, -0.1) is 0 Å². The Balaban J connectivity index is 0.000000137. The van der Waals surface area contributed by atoms with Gasteiger partial charge in [0, 0.05) is 63.4 Å². The van der Waals surface area contributed by atoms with E-state index in [9.17, 15) is 26.4 Å². The van der Waals surface area contributed by atoms with Crippen molar-refractivity contribution in [2.75, 3.05) is 65.4 Å². The zero-order chi connectivity index (χ0) is 41.8. The number of sulfonamides is 2. The lowest BCUT2D eigenvalue weighted by molar-refractivity contribution is -0.152. The first-order chi connectivity index (χ1) is 28.0. The van der Waals surface area contributed by atoms with Crippen molar-refractivity contribution in [3.8, 4) is 23.0 Å². The Morgan fingerprint density at radius 1 is 0.678 bits per heavy atom. The molecule has 8 aliphatic rings. The van der Waals surface area contributed by atoms with Crippen LogP contribution in [0.25, 0.3) is 0 Å². The van der Waals surface area contributed by atoms with Crippen LogP contribution in [-0.4, -0.2) is 146 Å². The summed E-state index contributed by atoms with van der Waals surface area (Å²) in [7, 11) is -6.30. The number of carboxylic acids is 2. The first-order valence-corrected chi connectivity index (χ1v) is 24.1. The van der Waals surface area contributed by atoms with Gasteiger partial charge < -0.3 is 34.3 Å². The normalized spacial score (nSPS) is 29.0. The monoisotopic (exact) mass is 862 g/mol. The van der Waals surface area contributed by atoms with Crippen molar-refractivity contribution < 1.29 is 60.7 Å². The first-order valence-electron chi connectivity index (χ1n) is 20.4. The molecule has 1 unspecified atom stereocenters. The molecule has 0 aliphatic carbocycles. The summed E-state index contributed by atoms with van der Waals surface area (Å²) in [5.41, 5.74) is 5.25. The van der Waals surface area contributed by atoms with Crippen molar-refractivity contribution in [2.45, 2.75) is 88.1 Å². The fourth-order valence-electron chi connectivity index (χ4n) is 10.7. The third kappa shape index (κ3) is 8.74. The van der Waals surface area contributed by atoms with Gasteiger partial charge in [-0.1, -0.05) is 0 Å². The highest BCUT2D eigenvalue weighted by atomic mass is 32.2. The molecule has 4 fully saturated rings. The highest BCUT2D eigenvalue weighted by Gasteiger charge is 2.47. The van der Waals surface area contributed by atoms with Gasteiger partial charge in [0.15, 0.2) is 29.1 Å². The Bertz CT molecular complexity index is 2040. The molecule has 17 nitrogen and oxygen atoms in total. The van der Waals surface area contributed by atoms with Crippen LogP contribution in [0, 0.1) is 11.8 Å². The fraction of sp³-hybridized carbons (Fsp3) is 0.650. The predicted molar refractivity (Wildman–Crippen MR) is 212 cm³/mol. The Labute approximate surface area is 344 Å². The van der Waals surface area contributed by atoms with Crippen LogP contribution in [0.4, 0.5) is 0 Å². The van der Waals surface area contributed by atoms with Crippen molar-refractivity contribution in [3.63, 3.8) is 0 Å². The molecule has 3 N–H and O–H groups in total. The Morgan fingerprint density at radius 2 is 1.08 bits per heavy atom. The number of carboxylic acid groups (broad SMARTS) is 2. The summed E-state index contributed by atoms with van der Waals surface area (Å²) in [4.78, 5) is 24.5. The Kier molecular flexibility index (Phi) is 11.8. The Hall–Kier alpha value is -3.72. The van der Waals surface area contributed by atoms with Crippen molar-refractivity contribution in [1.29, 1.82) is 0 Å². The van der Waals surface area contributed by atoms with E-state index in [2.05, 4.69) is 34.1 Å². The number of fused-ring (bicyclic) bond motifs is 10. The van der Waals surface area contributed by atoms with Crippen molar-refractivity contribution in [1.82, 2.24) is 18.4 Å². The van der Waals surface area contributed by atoms with Crippen molar-refractivity contribution in [3.05, 3.63) is 46.5 Å². The van der Waals surface area contributed by atoms with E-state index in [1.165, 1.54) is 34.8 Å². The van der Waals surface area contributed by atoms with Crippen LogP contribution in [0.5, 0.6) is 23.0 Å². The van der Waals surface area contributed by atoms with Gasteiger partial charge in [-0.25, -0.2) is 21.6 Å². The fourth-order valence-corrected chi connectivity index (χ4v) is 13.1. The minimum absolute atomic E-state index is 0.126. The largest absolute Gasteiger partial charge is 0.481 e. The van der Waals surface area contributed by atoms with E-state index in [0.29, 0.717) is 38.5 Å². The lowest BCUT2D eigenvalue weighted by Crippen LogP contribution is -2.57. The van der Waals surface area contributed by atoms with E-state index < -0.39 is 44.5 Å². The smallest absolute Gasteiger partial charge is 0.333 e. The van der Waals surface area contributed by atoms with Crippen molar-refractivity contribution in [2.24, 2.45) is 11.8 Å². The summed E-state index contributed by atoms with van der Waals surface area (Å²) in [6, 6.07) is 9.31. The SMILES string of the molecule is CS(=O)(=O)N1CCC[C@@H]2CN3CCc4cc5c(cc4[C@@H]3C[C@@H]21)OCO5.CS(=O)(=O)N1CCC[C@@H]2CN3CCc4cc5c(cc4[C@@H]3C[C@@H]21)OCO5.O=C(O)CC(O)C(=O)O. The topological polar surface area (TPSA) is 213 Å². The lowest BCUT2D eigenvalue weighted by Gasteiger charge is -2.51. The maximum atomic E-state index is 12.3. The van der Waals surface area contributed by atoms with Gasteiger partial charge in [-0.05, 0) is 110 Å². The molecular formula is C40H54N4O13S2. The molecule has 8 aliphatic heterocycles. The minimum Gasteiger partial charge on any atom is -0.481 e. The predicted octanol–water partition coefficient (Wildman–Crippen LogP) is 2.42. The third-order valence-corrected chi connectivity index (χ3v) is 15.9. The number of benzene rings is 2. The second kappa shape index (κ2) is 16.6. The third-order valence-electron chi connectivity index (χ3n) is 13.3. The molecule has 2 aromatic carbocycles. The zero-order valence-corrected chi connectivity index (χ0v) is 35.0. The number of aliphatic hydroxyl groups is 1. The second-order valence-corrected chi connectivity index (χ2v) is 20.8. The van der Waals surface area contributed by atoms with E-state index in [1.807, 2.05) is 0 Å². The van der Waals surface area contributed by atoms with Gasteiger partial charge in [0.05, 0.1) is 18.9 Å². The molecule has 0 aromatic heterocycles. The van der Waals surface area contributed by atoms with E-state index in [1.54, 1.807) is 8.61 Å². The molecule has 10 rings (SSSR count). The van der Waals surface area contributed by atoms with E-state index in [0.717, 1.165) is 101 Å². The number of nitrogens with zero attached hydrogens (tertiary/aromatic N) is 4. The van der Waals surface area contributed by atoms with Crippen LogP contribution in [0.2, 0.25) is 0 Å². The number of aliphatic carboxylic acids is 2. The second-order valence-electron chi connectivity index (χ2n) is 16.9. The average molecular weight is 863 g/mol. The number of piperidine rings is 4. The summed E-state index contributed by atoms with van der Waals surface area (Å²) < 4.78 is 74.8. The summed E-state index contributed by atoms with van der Waals surface area (Å²) in [5, 5.41) is 24.1. The summed E-state index contributed by atoms with van der Waals surface area (Å²) >= 11 is 0.